The van der Waals surface area contributed by atoms with Crippen molar-refractivity contribution in [3.8, 4) is 0 Å². The average Bonchev–Trinajstić information content (AvgIpc) is 2.20. The van der Waals surface area contributed by atoms with Gasteiger partial charge in [-0.2, -0.15) is 0 Å². The van der Waals surface area contributed by atoms with Crippen molar-refractivity contribution in [2.75, 3.05) is 6.54 Å². The normalized spacial score (nSPS) is 29.9. The molecule has 0 amide bonds. The van der Waals surface area contributed by atoms with Crippen molar-refractivity contribution in [3.05, 3.63) is 12.2 Å². The van der Waals surface area contributed by atoms with Crippen LogP contribution >= 0.6 is 0 Å². The molecule has 1 atom stereocenters. The molecule has 0 bridgehead atoms. The first-order valence-electron chi connectivity index (χ1n) is 5.44. The van der Waals surface area contributed by atoms with Crippen molar-refractivity contribution in [1.29, 1.82) is 0 Å². The Labute approximate surface area is 87.5 Å². The summed E-state index contributed by atoms with van der Waals surface area (Å²) < 4.78 is 6.00. The fraction of sp³-hybridized carbons (Fsp3) is 0.833. The van der Waals surface area contributed by atoms with Crippen LogP contribution in [0.2, 0.25) is 0 Å². The van der Waals surface area contributed by atoms with Crippen LogP contribution < -0.4 is 5.73 Å². The van der Waals surface area contributed by atoms with E-state index >= 15 is 0 Å². The lowest BCUT2D eigenvalue weighted by molar-refractivity contribution is -0.0706. The van der Waals surface area contributed by atoms with E-state index in [9.17, 15) is 0 Å². The molecule has 1 aliphatic heterocycles. The van der Waals surface area contributed by atoms with Gasteiger partial charge in [0.1, 0.15) is 0 Å². The van der Waals surface area contributed by atoms with Gasteiger partial charge in [-0.15, -0.1) is 0 Å². The van der Waals surface area contributed by atoms with Crippen LogP contribution in [0.5, 0.6) is 0 Å². The van der Waals surface area contributed by atoms with Crippen LogP contribution in [0.15, 0.2) is 12.2 Å². The van der Waals surface area contributed by atoms with Gasteiger partial charge in [0.15, 0.2) is 0 Å². The summed E-state index contributed by atoms with van der Waals surface area (Å²) in [6.07, 6.45) is 6.51. The number of rotatable bonds is 3. The Morgan fingerprint density at radius 1 is 1.36 bits per heavy atom. The van der Waals surface area contributed by atoms with Crippen LogP contribution in [-0.4, -0.2) is 17.7 Å². The number of hydrogen-bond acceptors (Lipinski definition) is 2. The molecule has 2 nitrogen and oxygen atoms in total. The molecule has 2 N–H and O–H groups in total. The summed E-state index contributed by atoms with van der Waals surface area (Å²) >= 11 is 0. The van der Waals surface area contributed by atoms with Crippen molar-refractivity contribution in [2.45, 2.75) is 51.7 Å². The molecule has 2 heteroatoms. The first-order valence-corrected chi connectivity index (χ1v) is 5.44. The standard InChI is InChI=1S/C12H23NO/c1-11(2)9-10(7-5-6-8-13)12(3,4)14-11/h5,7,10H,6,8-9,13H2,1-4H3/b7-5+. The van der Waals surface area contributed by atoms with Gasteiger partial charge in [0, 0.05) is 5.92 Å². The second-order valence-electron chi connectivity index (χ2n) is 5.28. The van der Waals surface area contributed by atoms with Crippen molar-refractivity contribution in [2.24, 2.45) is 11.7 Å². The fourth-order valence-corrected chi connectivity index (χ4v) is 2.26. The van der Waals surface area contributed by atoms with E-state index in [1.54, 1.807) is 0 Å². The zero-order valence-corrected chi connectivity index (χ0v) is 9.84. The van der Waals surface area contributed by atoms with Gasteiger partial charge in [0.05, 0.1) is 11.2 Å². The lowest BCUT2D eigenvalue weighted by Gasteiger charge is -2.25. The predicted molar refractivity (Wildman–Crippen MR) is 60.2 cm³/mol. The Morgan fingerprint density at radius 2 is 2.00 bits per heavy atom. The van der Waals surface area contributed by atoms with E-state index in [1.807, 2.05) is 0 Å². The van der Waals surface area contributed by atoms with E-state index in [2.05, 4.69) is 39.8 Å². The Hall–Kier alpha value is -0.340. The van der Waals surface area contributed by atoms with E-state index in [1.165, 1.54) is 0 Å². The summed E-state index contributed by atoms with van der Waals surface area (Å²) in [5, 5.41) is 0. The fourth-order valence-electron chi connectivity index (χ4n) is 2.26. The van der Waals surface area contributed by atoms with Crippen molar-refractivity contribution in [3.63, 3.8) is 0 Å². The highest BCUT2D eigenvalue weighted by molar-refractivity contribution is 5.04. The van der Waals surface area contributed by atoms with E-state index in [4.69, 9.17) is 10.5 Å². The first-order chi connectivity index (χ1) is 6.37. The molecule has 1 fully saturated rings. The molecular formula is C12H23NO. The maximum Gasteiger partial charge on any atom is 0.0697 e. The maximum absolute atomic E-state index is 6.00. The molecule has 1 rings (SSSR count). The summed E-state index contributed by atoms with van der Waals surface area (Å²) in [4.78, 5) is 0. The Balaban J connectivity index is 2.61. The Bertz CT molecular complexity index is 218. The molecule has 0 radical (unpaired) electrons. The molecule has 0 aromatic heterocycles. The summed E-state index contributed by atoms with van der Waals surface area (Å²) in [7, 11) is 0. The van der Waals surface area contributed by atoms with E-state index in [0.717, 1.165) is 19.4 Å². The molecule has 0 saturated carbocycles. The summed E-state index contributed by atoms with van der Waals surface area (Å²) in [6, 6.07) is 0. The highest BCUT2D eigenvalue weighted by Crippen LogP contribution is 2.42. The molecule has 0 aromatic carbocycles. The smallest absolute Gasteiger partial charge is 0.0697 e. The third-order valence-corrected chi connectivity index (χ3v) is 2.85. The van der Waals surface area contributed by atoms with E-state index in [-0.39, 0.29) is 11.2 Å². The highest BCUT2D eigenvalue weighted by Gasteiger charge is 2.44. The lowest BCUT2D eigenvalue weighted by atomic mass is 9.87. The van der Waals surface area contributed by atoms with Crippen LogP contribution in [0.4, 0.5) is 0 Å². The number of ether oxygens (including phenoxy) is 1. The van der Waals surface area contributed by atoms with E-state index < -0.39 is 0 Å². The topological polar surface area (TPSA) is 35.2 Å². The van der Waals surface area contributed by atoms with Crippen molar-refractivity contribution >= 4 is 0 Å². The Morgan fingerprint density at radius 3 is 2.43 bits per heavy atom. The molecular weight excluding hydrogens is 174 g/mol. The molecule has 0 aromatic rings. The van der Waals surface area contributed by atoms with Crippen LogP contribution in [0, 0.1) is 5.92 Å². The molecule has 1 heterocycles. The van der Waals surface area contributed by atoms with Gasteiger partial charge in [-0.05, 0) is 47.1 Å². The average molecular weight is 197 g/mol. The minimum Gasteiger partial charge on any atom is -0.369 e. The van der Waals surface area contributed by atoms with Crippen molar-refractivity contribution in [1.82, 2.24) is 0 Å². The Kier molecular flexibility index (Phi) is 3.38. The molecule has 1 unspecified atom stereocenters. The van der Waals surface area contributed by atoms with Crippen molar-refractivity contribution < 1.29 is 4.74 Å². The summed E-state index contributed by atoms with van der Waals surface area (Å²) in [5.74, 6) is 0.518. The second-order valence-corrected chi connectivity index (χ2v) is 5.28. The SMILES string of the molecule is CC1(C)CC(/C=C/CCN)C(C)(C)O1. The lowest BCUT2D eigenvalue weighted by Crippen LogP contribution is -2.28. The zero-order valence-electron chi connectivity index (χ0n) is 9.84. The summed E-state index contributed by atoms with van der Waals surface area (Å²) in [5.41, 5.74) is 5.43. The van der Waals surface area contributed by atoms with Gasteiger partial charge >= 0.3 is 0 Å². The van der Waals surface area contributed by atoms with Crippen LogP contribution in [-0.2, 0) is 4.74 Å². The highest BCUT2D eigenvalue weighted by atomic mass is 16.5. The number of nitrogens with two attached hydrogens (primary N) is 1. The largest absolute Gasteiger partial charge is 0.369 e. The van der Waals surface area contributed by atoms with Gasteiger partial charge < -0.3 is 10.5 Å². The third kappa shape index (κ3) is 2.82. The molecule has 14 heavy (non-hydrogen) atoms. The van der Waals surface area contributed by atoms with Gasteiger partial charge in [-0.25, -0.2) is 0 Å². The van der Waals surface area contributed by atoms with Crippen LogP contribution in [0.3, 0.4) is 0 Å². The van der Waals surface area contributed by atoms with Gasteiger partial charge in [0.2, 0.25) is 0 Å². The molecule has 82 valence electrons. The molecule has 0 spiro atoms. The zero-order chi connectivity index (χ0) is 10.8. The monoisotopic (exact) mass is 197 g/mol. The minimum absolute atomic E-state index is 0.0151. The molecule has 0 aliphatic carbocycles. The van der Waals surface area contributed by atoms with Crippen LogP contribution in [0.1, 0.15) is 40.5 Å². The quantitative estimate of drug-likeness (QED) is 0.705. The first kappa shape index (κ1) is 11.7. The maximum atomic E-state index is 6.00. The predicted octanol–water partition coefficient (Wildman–Crippen LogP) is 2.49. The minimum atomic E-state index is -0.0331. The molecule has 1 aliphatic rings. The van der Waals surface area contributed by atoms with Gasteiger partial charge in [0.25, 0.3) is 0 Å². The molecule has 1 saturated heterocycles. The van der Waals surface area contributed by atoms with E-state index in [0.29, 0.717) is 5.92 Å². The second kappa shape index (κ2) is 4.03. The summed E-state index contributed by atoms with van der Waals surface area (Å²) in [6.45, 7) is 9.38. The number of hydrogen-bond donors (Lipinski definition) is 1. The third-order valence-electron chi connectivity index (χ3n) is 2.85. The van der Waals surface area contributed by atoms with Gasteiger partial charge in [-0.3, -0.25) is 0 Å². The van der Waals surface area contributed by atoms with Gasteiger partial charge in [-0.1, -0.05) is 12.2 Å². The van der Waals surface area contributed by atoms with Crippen LogP contribution in [0.25, 0.3) is 0 Å².